The van der Waals surface area contributed by atoms with Gasteiger partial charge in [-0.1, -0.05) is 37.3 Å². The average molecular weight is 393 g/mol. The summed E-state index contributed by atoms with van der Waals surface area (Å²) in [6, 6.07) is 8.52. The molecule has 1 aromatic heterocycles. The number of carboxylic acids is 1. The van der Waals surface area contributed by atoms with Crippen LogP contribution in [0.3, 0.4) is 0 Å². The number of carboxylic acid groups (broad SMARTS) is 1. The summed E-state index contributed by atoms with van der Waals surface area (Å²) in [5.74, 6) is -1.11. The molecule has 0 spiro atoms. The third kappa shape index (κ3) is 6.07. The first-order valence-corrected chi connectivity index (χ1v) is 8.87. The van der Waals surface area contributed by atoms with E-state index in [1.165, 1.54) is 10.9 Å². The summed E-state index contributed by atoms with van der Waals surface area (Å²) in [6.07, 6.45) is 0.975. The number of alkyl halides is 3. The van der Waals surface area contributed by atoms with Gasteiger partial charge in [-0.25, -0.2) is 4.79 Å². The van der Waals surface area contributed by atoms with Crippen molar-refractivity contribution in [2.45, 2.75) is 44.8 Å². The van der Waals surface area contributed by atoms with Crippen LogP contribution in [0.1, 0.15) is 42.5 Å². The predicted octanol–water partition coefficient (Wildman–Crippen LogP) is 4.69. The Kier molecular flexibility index (Phi) is 7.14. The molecule has 0 radical (unpaired) electrons. The summed E-state index contributed by atoms with van der Waals surface area (Å²) in [4.78, 5) is 10.5. The lowest BCUT2D eigenvalue weighted by Crippen LogP contribution is -2.15. The van der Waals surface area contributed by atoms with E-state index < -0.39 is 17.8 Å². The van der Waals surface area contributed by atoms with Gasteiger partial charge in [-0.2, -0.15) is 18.3 Å². The minimum absolute atomic E-state index is 0.124. The van der Waals surface area contributed by atoms with Gasteiger partial charge in [0.15, 0.2) is 5.69 Å². The Balaban J connectivity index is 1.97. The van der Waals surface area contributed by atoms with Crippen LogP contribution < -0.4 is 0 Å². The Morgan fingerprint density at radius 3 is 2.50 bits per heavy atom. The van der Waals surface area contributed by atoms with E-state index in [4.69, 9.17) is 10.5 Å². The Hall–Kier alpha value is -2.90. The third-order valence-corrected chi connectivity index (χ3v) is 4.37. The van der Waals surface area contributed by atoms with Crippen molar-refractivity contribution in [1.29, 1.82) is 5.41 Å². The molecule has 0 saturated carbocycles. The molecule has 2 rings (SSSR count). The number of benzene rings is 1. The molecule has 0 aliphatic rings. The van der Waals surface area contributed by atoms with Gasteiger partial charge >= 0.3 is 12.1 Å². The van der Waals surface area contributed by atoms with E-state index >= 15 is 0 Å². The third-order valence-electron chi connectivity index (χ3n) is 4.37. The monoisotopic (exact) mass is 393 g/mol. The number of nitrogens with zero attached hydrogens (tertiary/aromatic N) is 2. The normalized spacial score (nSPS) is 13.0. The molecule has 28 heavy (non-hydrogen) atoms. The lowest BCUT2D eigenvalue weighted by Gasteiger charge is -2.17. The summed E-state index contributed by atoms with van der Waals surface area (Å²) in [6.45, 7) is 2.17. The molecule has 0 unspecified atom stereocenters. The van der Waals surface area contributed by atoms with Crippen molar-refractivity contribution in [3.63, 3.8) is 0 Å². The van der Waals surface area contributed by atoms with Gasteiger partial charge in [0.25, 0.3) is 0 Å². The first kappa shape index (κ1) is 21.4. The summed E-state index contributed by atoms with van der Waals surface area (Å²) < 4.78 is 39.0. The highest BCUT2D eigenvalue weighted by molar-refractivity contribution is 5.88. The van der Waals surface area contributed by atoms with Crippen molar-refractivity contribution in [3.8, 4) is 0 Å². The Morgan fingerprint density at radius 1 is 1.29 bits per heavy atom. The van der Waals surface area contributed by atoms with Gasteiger partial charge in [-0.15, -0.1) is 0 Å². The van der Waals surface area contributed by atoms with E-state index in [0.717, 1.165) is 23.3 Å². The Morgan fingerprint density at radius 2 is 1.96 bits per heavy atom. The number of aliphatic carboxylic acids is 1. The minimum atomic E-state index is -4.47. The Labute approximate surface area is 161 Å². The minimum Gasteiger partial charge on any atom is -0.478 e. The molecule has 8 heteroatoms. The predicted molar refractivity (Wildman–Crippen MR) is 99.5 cm³/mol. The van der Waals surface area contributed by atoms with Gasteiger partial charge in [0.05, 0.1) is 0 Å². The molecule has 0 fully saturated rings. The zero-order valence-corrected chi connectivity index (χ0v) is 15.4. The molecule has 1 atom stereocenters. The van der Waals surface area contributed by atoms with E-state index in [-0.39, 0.29) is 12.5 Å². The summed E-state index contributed by atoms with van der Waals surface area (Å²) in [7, 11) is 0. The quantitative estimate of drug-likeness (QED) is 0.479. The first-order chi connectivity index (χ1) is 13.2. The fourth-order valence-electron chi connectivity index (χ4n) is 2.91. The molecular weight excluding hydrogens is 371 g/mol. The van der Waals surface area contributed by atoms with Crippen molar-refractivity contribution in [2.24, 2.45) is 0 Å². The van der Waals surface area contributed by atoms with Gasteiger partial charge in [0, 0.05) is 36.9 Å². The zero-order valence-electron chi connectivity index (χ0n) is 15.4. The highest BCUT2D eigenvalue weighted by Crippen LogP contribution is 2.27. The number of aryl methyl sites for hydroxylation is 1. The highest BCUT2D eigenvalue weighted by Gasteiger charge is 2.33. The van der Waals surface area contributed by atoms with Crippen LogP contribution in [-0.4, -0.2) is 26.6 Å². The number of aromatic nitrogens is 2. The number of hydrogen-bond acceptors (Lipinski definition) is 3. The van der Waals surface area contributed by atoms with Crippen LogP contribution in [0, 0.1) is 5.41 Å². The lowest BCUT2D eigenvalue weighted by atomic mass is 9.89. The number of halogens is 3. The SMILES string of the molecule is CC[C@H](C(=N)CCn1ccc(C(F)(F)F)n1)c1ccc(C/C=C/C(=O)O)cc1. The van der Waals surface area contributed by atoms with E-state index in [0.29, 0.717) is 25.0 Å². The molecule has 1 aromatic carbocycles. The number of rotatable bonds is 9. The van der Waals surface area contributed by atoms with Crippen molar-refractivity contribution in [3.05, 3.63) is 65.5 Å². The number of hydrogen-bond donors (Lipinski definition) is 2. The van der Waals surface area contributed by atoms with Crippen molar-refractivity contribution in [1.82, 2.24) is 9.78 Å². The summed E-state index contributed by atoms with van der Waals surface area (Å²) >= 11 is 0. The zero-order chi connectivity index (χ0) is 20.7. The van der Waals surface area contributed by atoms with Gasteiger partial charge in [-0.05, 0) is 30.0 Å². The van der Waals surface area contributed by atoms with E-state index in [9.17, 15) is 18.0 Å². The summed E-state index contributed by atoms with van der Waals surface area (Å²) in [5, 5.41) is 20.4. The van der Waals surface area contributed by atoms with Gasteiger partial charge in [-0.3, -0.25) is 4.68 Å². The maximum Gasteiger partial charge on any atom is 0.435 e. The van der Waals surface area contributed by atoms with Crippen LogP contribution >= 0.6 is 0 Å². The highest BCUT2D eigenvalue weighted by atomic mass is 19.4. The van der Waals surface area contributed by atoms with Crippen molar-refractivity contribution >= 4 is 11.7 Å². The molecule has 2 N–H and O–H groups in total. The lowest BCUT2D eigenvalue weighted by molar-refractivity contribution is -0.141. The second-order valence-corrected chi connectivity index (χ2v) is 6.38. The topological polar surface area (TPSA) is 79.0 Å². The van der Waals surface area contributed by atoms with E-state index in [1.807, 2.05) is 31.2 Å². The maximum absolute atomic E-state index is 12.6. The molecule has 1 heterocycles. The van der Waals surface area contributed by atoms with Crippen LogP contribution in [0.5, 0.6) is 0 Å². The van der Waals surface area contributed by atoms with E-state index in [1.54, 1.807) is 6.08 Å². The van der Waals surface area contributed by atoms with Crippen molar-refractivity contribution in [2.75, 3.05) is 0 Å². The van der Waals surface area contributed by atoms with Crippen LogP contribution in [-0.2, 0) is 23.9 Å². The van der Waals surface area contributed by atoms with Gasteiger partial charge in [0.2, 0.25) is 0 Å². The average Bonchev–Trinajstić information content (AvgIpc) is 3.11. The largest absolute Gasteiger partial charge is 0.478 e. The second-order valence-electron chi connectivity index (χ2n) is 6.38. The van der Waals surface area contributed by atoms with Crippen LogP contribution in [0.25, 0.3) is 0 Å². The fraction of sp³-hybridized carbons (Fsp3) is 0.350. The first-order valence-electron chi connectivity index (χ1n) is 8.87. The molecule has 5 nitrogen and oxygen atoms in total. The molecule has 0 aliphatic heterocycles. The fourth-order valence-corrected chi connectivity index (χ4v) is 2.91. The summed E-state index contributed by atoms with van der Waals surface area (Å²) in [5.41, 5.74) is 1.41. The molecule has 0 bridgehead atoms. The van der Waals surface area contributed by atoms with Crippen LogP contribution in [0.4, 0.5) is 13.2 Å². The molecular formula is C20H22F3N3O2. The van der Waals surface area contributed by atoms with E-state index in [2.05, 4.69) is 5.10 Å². The van der Waals surface area contributed by atoms with Crippen molar-refractivity contribution < 1.29 is 23.1 Å². The Bertz CT molecular complexity index is 839. The number of allylic oxidation sites excluding steroid dienone is 1. The van der Waals surface area contributed by atoms with Gasteiger partial charge < -0.3 is 10.5 Å². The second kappa shape index (κ2) is 9.34. The van der Waals surface area contributed by atoms with Gasteiger partial charge in [0.1, 0.15) is 0 Å². The number of nitrogens with one attached hydrogen (secondary N) is 1. The molecule has 0 amide bonds. The molecule has 0 aliphatic carbocycles. The number of carbonyl (C=O) groups is 1. The van der Waals surface area contributed by atoms with Crippen LogP contribution in [0.15, 0.2) is 48.7 Å². The molecule has 0 saturated heterocycles. The van der Waals surface area contributed by atoms with Crippen LogP contribution in [0.2, 0.25) is 0 Å². The standard InChI is InChI=1S/C20H22F3N3O2/c1-2-16(15-8-6-14(7-9-15)4-3-5-19(27)28)17(24)10-12-26-13-11-18(25-26)20(21,22)23/h3,5-9,11,13,16,24H,2,4,10,12H2,1H3,(H,27,28)/b5-3+,24-17?/t16-/m0/s1. The molecule has 2 aromatic rings. The molecule has 150 valence electrons. The maximum atomic E-state index is 12.6. The smallest absolute Gasteiger partial charge is 0.435 e.